The summed E-state index contributed by atoms with van der Waals surface area (Å²) in [4.78, 5) is 0.196. The summed E-state index contributed by atoms with van der Waals surface area (Å²) in [6.07, 6.45) is 0. The highest BCUT2D eigenvalue weighted by Gasteiger charge is 2.19. The second-order valence-electron chi connectivity index (χ2n) is 6.56. The second kappa shape index (κ2) is 8.67. The van der Waals surface area contributed by atoms with Crippen LogP contribution in [-0.2, 0) is 16.6 Å². The molecule has 0 spiro atoms. The molecule has 0 amide bonds. The van der Waals surface area contributed by atoms with Gasteiger partial charge in [0.25, 0.3) is 0 Å². The predicted molar refractivity (Wildman–Crippen MR) is 110 cm³/mol. The van der Waals surface area contributed by atoms with Gasteiger partial charge in [0, 0.05) is 18.2 Å². The molecule has 3 aromatic rings. The van der Waals surface area contributed by atoms with E-state index in [1.807, 2.05) is 19.9 Å². The van der Waals surface area contributed by atoms with Crippen molar-refractivity contribution < 1.29 is 22.4 Å². The van der Waals surface area contributed by atoms with E-state index in [4.69, 9.17) is 14.0 Å². The number of nitrogens with one attached hydrogen (secondary N) is 1. The van der Waals surface area contributed by atoms with Crippen molar-refractivity contribution >= 4 is 10.0 Å². The van der Waals surface area contributed by atoms with Crippen LogP contribution < -0.4 is 14.2 Å². The van der Waals surface area contributed by atoms with Crippen LogP contribution in [0.5, 0.6) is 11.5 Å². The Bertz CT molecular complexity index is 1110. The lowest BCUT2D eigenvalue weighted by Gasteiger charge is -2.13. The van der Waals surface area contributed by atoms with Crippen molar-refractivity contribution in [2.24, 2.45) is 0 Å². The van der Waals surface area contributed by atoms with Gasteiger partial charge in [-0.3, -0.25) is 0 Å². The Labute approximate surface area is 170 Å². The van der Waals surface area contributed by atoms with Crippen molar-refractivity contribution in [2.45, 2.75) is 32.2 Å². The molecular formula is C21H24N2O5S. The highest BCUT2D eigenvalue weighted by molar-refractivity contribution is 7.89. The number of sulfonamides is 1. The molecule has 154 valence electrons. The van der Waals surface area contributed by atoms with Gasteiger partial charge in [0.05, 0.1) is 24.3 Å². The van der Waals surface area contributed by atoms with Crippen molar-refractivity contribution in [3.05, 3.63) is 59.3 Å². The van der Waals surface area contributed by atoms with Gasteiger partial charge in [0.2, 0.25) is 10.0 Å². The summed E-state index contributed by atoms with van der Waals surface area (Å²) in [6.45, 7) is 6.09. The maximum atomic E-state index is 12.9. The Balaban J connectivity index is 1.83. The number of benzene rings is 2. The first-order valence-corrected chi connectivity index (χ1v) is 10.7. The summed E-state index contributed by atoms with van der Waals surface area (Å²) in [7, 11) is -2.19. The van der Waals surface area contributed by atoms with Crippen molar-refractivity contribution in [3.63, 3.8) is 0 Å². The minimum atomic E-state index is -3.74. The molecule has 0 radical (unpaired) electrons. The molecule has 3 rings (SSSR count). The predicted octanol–water partition coefficient (Wildman–Crippen LogP) is 3.84. The molecule has 7 nitrogen and oxygen atoms in total. The average Bonchev–Trinajstić information content (AvgIpc) is 3.14. The molecule has 8 heteroatoms. The fraction of sp³-hybridized carbons (Fsp3) is 0.286. The number of aromatic nitrogens is 1. The van der Waals surface area contributed by atoms with Gasteiger partial charge in [-0.15, -0.1) is 0 Å². The summed E-state index contributed by atoms with van der Waals surface area (Å²) < 4.78 is 44.6. The Morgan fingerprint density at radius 3 is 2.52 bits per heavy atom. The van der Waals surface area contributed by atoms with Gasteiger partial charge in [0.1, 0.15) is 0 Å². The molecule has 1 heterocycles. The largest absolute Gasteiger partial charge is 0.493 e. The minimum Gasteiger partial charge on any atom is -0.493 e. The van der Waals surface area contributed by atoms with E-state index in [9.17, 15) is 8.42 Å². The molecule has 2 aromatic carbocycles. The van der Waals surface area contributed by atoms with Gasteiger partial charge in [-0.2, -0.15) is 0 Å². The third-order valence-corrected chi connectivity index (χ3v) is 5.93. The van der Waals surface area contributed by atoms with Crippen LogP contribution in [0.25, 0.3) is 11.3 Å². The first kappa shape index (κ1) is 20.9. The van der Waals surface area contributed by atoms with Crippen LogP contribution in [0.3, 0.4) is 0 Å². The van der Waals surface area contributed by atoms with Crippen LogP contribution in [0.4, 0.5) is 0 Å². The maximum Gasteiger partial charge on any atom is 0.241 e. The van der Waals surface area contributed by atoms with Crippen LogP contribution in [0.2, 0.25) is 0 Å². The van der Waals surface area contributed by atoms with E-state index in [1.54, 1.807) is 50.4 Å². The highest BCUT2D eigenvalue weighted by Crippen LogP contribution is 2.29. The minimum absolute atomic E-state index is 0.121. The number of nitrogens with zero attached hydrogens (tertiary/aromatic N) is 1. The molecule has 0 atom stereocenters. The summed E-state index contributed by atoms with van der Waals surface area (Å²) >= 11 is 0. The third-order valence-electron chi connectivity index (χ3n) is 4.38. The molecule has 1 aromatic heterocycles. The van der Waals surface area contributed by atoms with Crippen LogP contribution in [0, 0.1) is 13.8 Å². The lowest BCUT2D eigenvalue weighted by atomic mass is 10.1. The van der Waals surface area contributed by atoms with Crippen LogP contribution in [0.15, 0.2) is 51.9 Å². The van der Waals surface area contributed by atoms with Crippen molar-refractivity contribution in [1.29, 1.82) is 0 Å². The smallest absolute Gasteiger partial charge is 0.241 e. The van der Waals surface area contributed by atoms with Gasteiger partial charge in [-0.1, -0.05) is 23.4 Å². The Morgan fingerprint density at radius 2 is 1.86 bits per heavy atom. The molecule has 29 heavy (non-hydrogen) atoms. The zero-order chi connectivity index (χ0) is 21.0. The van der Waals surface area contributed by atoms with Crippen molar-refractivity contribution in [1.82, 2.24) is 9.88 Å². The number of hydrogen-bond donors (Lipinski definition) is 1. The summed E-state index contributed by atoms with van der Waals surface area (Å²) in [5.74, 6) is 1.70. The molecule has 0 aliphatic heterocycles. The number of hydrogen-bond acceptors (Lipinski definition) is 6. The van der Waals surface area contributed by atoms with Crippen LogP contribution >= 0.6 is 0 Å². The topological polar surface area (TPSA) is 90.7 Å². The normalized spacial score (nSPS) is 11.4. The standard InChI is InChI=1S/C21H24N2O5S/c1-5-27-18-9-7-16(11-20(18)26-4)13-22-29(24,25)21-12-17(8-6-14(21)2)19-10-15(3)23-28-19/h6-12,22H,5,13H2,1-4H3. The number of ether oxygens (including phenoxy) is 2. The highest BCUT2D eigenvalue weighted by atomic mass is 32.2. The average molecular weight is 416 g/mol. The Morgan fingerprint density at radius 1 is 1.07 bits per heavy atom. The maximum absolute atomic E-state index is 12.9. The van der Waals surface area contributed by atoms with Crippen molar-refractivity contribution in [2.75, 3.05) is 13.7 Å². The lowest BCUT2D eigenvalue weighted by molar-refractivity contribution is 0.310. The SMILES string of the molecule is CCOc1ccc(CNS(=O)(=O)c2cc(-c3cc(C)no3)ccc2C)cc1OC. The van der Waals surface area contributed by atoms with E-state index in [1.165, 1.54) is 0 Å². The van der Waals surface area contributed by atoms with E-state index in [-0.39, 0.29) is 11.4 Å². The molecule has 0 aliphatic carbocycles. The van der Waals surface area contributed by atoms with Gasteiger partial charge in [-0.25, -0.2) is 13.1 Å². The van der Waals surface area contributed by atoms with E-state index in [2.05, 4.69) is 9.88 Å². The summed E-state index contributed by atoms with van der Waals surface area (Å²) in [5.41, 5.74) is 2.78. The zero-order valence-corrected chi connectivity index (χ0v) is 17.7. The molecule has 0 bridgehead atoms. The monoisotopic (exact) mass is 416 g/mol. The number of aryl methyl sites for hydroxylation is 2. The van der Waals surface area contributed by atoms with E-state index in [0.717, 1.165) is 11.3 Å². The second-order valence-corrected chi connectivity index (χ2v) is 8.29. The molecule has 0 aliphatic rings. The van der Waals surface area contributed by atoms with Gasteiger partial charge in [0.15, 0.2) is 17.3 Å². The molecule has 0 saturated heterocycles. The van der Waals surface area contributed by atoms with E-state index >= 15 is 0 Å². The Hall–Kier alpha value is -2.84. The van der Waals surface area contributed by atoms with Gasteiger partial charge >= 0.3 is 0 Å². The van der Waals surface area contributed by atoms with Crippen LogP contribution in [0.1, 0.15) is 23.7 Å². The number of rotatable bonds is 8. The fourth-order valence-electron chi connectivity index (χ4n) is 2.90. The quantitative estimate of drug-likeness (QED) is 0.600. The lowest BCUT2D eigenvalue weighted by Crippen LogP contribution is -2.24. The zero-order valence-electron chi connectivity index (χ0n) is 16.9. The van der Waals surface area contributed by atoms with Crippen molar-refractivity contribution in [3.8, 4) is 22.8 Å². The molecule has 1 N–H and O–H groups in total. The van der Waals surface area contributed by atoms with Gasteiger partial charge < -0.3 is 14.0 Å². The summed E-state index contributed by atoms with van der Waals surface area (Å²) in [5, 5.41) is 3.86. The first-order chi connectivity index (χ1) is 13.8. The fourth-order valence-corrected chi connectivity index (χ4v) is 4.18. The molecular weight excluding hydrogens is 392 g/mol. The Kier molecular flexibility index (Phi) is 6.24. The van der Waals surface area contributed by atoms with Crippen LogP contribution in [-0.4, -0.2) is 27.3 Å². The third kappa shape index (κ3) is 4.78. The summed E-state index contributed by atoms with van der Waals surface area (Å²) in [6, 6.07) is 12.2. The van der Waals surface area contributed by atoms with Gasteiger partial charge in [-0.05, 0) is 50.1 Å². The molecule has 0 unspecified atom stereocenters. The number of methoxy groups -OCH3 is 1. The van der Waals surface area contributed by atoms with E-state index < -0.39 is 10.0 Å². The molecule has 0 fully saturated rings. The first-order valence-electron chi connectivity index (χ1n) is 9.17. The molecule has 0 saturated carbocycles. The van der Waals surface area contributed by atoms with E-state index in [0.29, 0.717) is 35.0 Å².